The summed E-state index contributed by atoms with van der Waals surface area (Å²) in [4.78, 5) is 17.6. The highest BCUT2D eigenvalue weighted by Crippen LogP contribution is 2.24. The SMILES string of the molecule is O=C(c1ccc(S(=O)(=O)N2CCCCCC2)cc1)N1CCC(CCN2CCOCC2)CC1. The van der Waals surface area contributed by atoms with Crippen molar-refractivity contribution >= 4 is 15.9 Å². The predicted molar refractivity (Wildman–Crippen MR) is 124 cm³/mol. The quantitative estimate of drug-likeness (QED) is 0.649. The standard InChI is InChI=1S/C24H37N3O4S/c28-24(26-15-10-21(11-16-26)9-14-25-17-19-31-20-18-25)22-5-7-23(8-6-22)32(29,30)27-12-3-1-2-4-13-27/h5-8,21H,1-4,9-20H2. The lowest BCUT2D eigenvalue weighted by Gasteiger charge is -2.34. The zero-order valence-corrected chi connectivity index (χ0v) is 19.9. The number of carbonyl (C=O) groups excluding carboxylic acids is 1. The Kier molecular flexibility index (Phi) is 8.21. The zero-order chi connectivity index (χ0) is 22.4. The Morgan fingerprint density at radius 3 is 2.12 bits per heavy atom. The molecule has 3 saturated heterocycles. The summed E-state index contributed by atoms with van der Waals surface area (Å²) >= 11 is 0. The molecule has 0 radical (unpaired) electrons. The van der Waals surface area contributed by atoms with Gasteiger partial charge in [0, 0.05) is 44.8 Å². The van der Waals surface area contributed by atoms with E-state index < -0.39 is 10.0 Å². The molecule has 0 spiro atoms. The van der Waals surface area contributed by atoms with Gasteiger partial charge in [0.1, 0.15) is 0 Å². The molecule has 0 bridgehead atoms. The summed E-state index contributed by atoms with van der Waals surface area (Å²) in [6.07, 6.45) is 7.27. The fourth-order valence-electron chi connectivity index (χ4n) is 5.00. The van der Waals surface area contributed by atoms with Gasteiger partial charge in [-0.2, -0.15) is 4.31 Å². The number of nitrogens with zero attached hydrogens (tertiary/aromatic N) is 3. The van der Waals surface area contributed by atoms with Gasteiger partial charge >= 0.3 is 0 Å². The molecule has 1 aromatic carbocycles. The Labute approximate surface area is 192 Å². The Bertz CT molecular complexity index is 837. The number of hydrogen-bond acceptors (Lipinski definition) is 5. The van der Waals surface area contributed by atoms with Crippen LogP contribution in [0.3, 0.4) is 0 Å². The van der Waals surface area contributed by atoms with E-state index in [0.29, 0.717) is 24.6 Å². The molecule has 3 aliphatic heterocycles. The second kappa shape index (κ2) is 11.1. The summed E-state index contributed by atoms with van der Waals surface area (Å²) in [7, 11) is -3.48. The van der Waals surface area contributed by atoms with Crippen LogP contribution in [-0.2, 0) is 14.8 Å². The number of hydrogen-bond donors (Lipinski definition) is 0. The number of morpholine rings is 1. The van der Waals surface area contributed by atoms with Crippen molar-refractivity contribution in [2.24, 2.45) is 5.92 Å². The largest absolute Gasteiger partial charge is 0.379 e. The number of rotatable bonds is 6. The number of benzene rings is 1. The van der Waals surface area contributed by atoms with Crippen LogP contribution in [0.2, 0.25) is 0 Å². The van der Waals surface area contributed by atoms with Gasteiger partial charge in [0.05, 0.1) is 18.1 Å². The van der Waals surface area contributed by atoms with Crippen LogP contribution in [0.15, 0.2) is 29.2 Å². The topological polar surface area (TPSA) is 70.2 Å². The lowest BCUT2D eigenvalue weighted by molar-refractivity contribution is 0.0332. The maximum Gasteiger partial charge on any atom is 0.253 e. The smallest absolute Gasteiger partial charge is 0.253 e. The monoisotopic (exact) mass is 463 g/mol. The van der Waals surface area contributed by atoms with E-state index in [1.165, 1.54) is 6.42 Å². The van der Waals surface area contributed by atoms with Gasteiger partial charge in [-0.25, -0.2) is 8.42 Å². The zero-order valence-electron chi connectivity index (χ0n) is 19.1. The average Bonchev–Trinajstić information content (AvgIpc) is 3.14. The van der Waals surface area contributed by atoms with Gasteiger partial charge in [-0.3, -0.25) is 9.69 Å². The fraction of sp³-hybridized carbons (Fsp3) is 0.708. The van der Waals surface area contributed by atoms with E-state index in [4.69, 9.17) is 4.74 Å². The Morgan fingerprint density at radius 1 is 0.875 bits per heavy atom. The molecule has 3 fully saturated rings. The van der Waals surface area contributed by atoms with Crippen molar-refractivity contribution < 1.29 is 17.9 Å². The first-order chi connectivity index (χ1) is 15.5. The van der Waals surface area contributed by atoms with Crippen molar-refractivity contribution in [3.05, 3.63) is 29.8 Å². The normalized spacial score (nSPS) is 22.6. The predicted octanol–water partition coefficient (Wildman–Crippen LogP) is 2.83. The third-order valence-electron chi connectivity index (χ3n) is 7.16. The van der Waals surface area contributed by atoms with Crippen molar-refractivity contribution in [2.75, 3.05) is 59.0 Å². The molecule has 3 heterocycles. The van der Waals surface area contributed by atoms with E-state index in [0.717, 1.165) is 84.5 Å². The summed E-state index contributed by atoms with van der Waals surface area (Å²) < 4.78 is 32.9. The number of carbonyl (C=O) groups is 1. The Balaban J connectivity index is 1.28. The van der Waals surface area contributed by atoms with Crippen molar-refractivity contribution in [1.82, 2.24) is 14.1 Å². The van der Waals surface area contributed by atoms with Crippen LogP contribution < -0.4 is 0 Å². The first kappa shape index (κ1) is 23.7. The summed E-state index contributed by atoms with van der Waals surface area (Å²) in [6.45, 7) is 7.58. The molecule has 0 unspecified atom stereocenters. The van der Waals surface area contributed by atoms with Crippen LogP contribution >= 0.6 is 0 Å². The molecule has 0 saturated carbocycles. The first-order valence-electron chi connectivity index (χ1n) is 12.2. The molecule has 0 N–H and O–H groups in total. The summed E-state index contributed by atoms with van der Waals surface area (Å²) in [5.41, 5.74) is 0.576. The van der Waals surface area contributed by atoms with E-state index in [1.807, 2.05) is 4.90 Å². The first-order valence-corrected chi connectivity index (χ1v) is 13.7. The van der Waals surface area contributed by atoms with Crippen LogP contribution in [0.1, 0.15) is 55.3 Å². The van der Waals surface area contributed by atoms with E-state index in [9.17, 15) is 13.2 Å². The molecule has 0 atom stereocenters. The van der Waals surface area contributed by atoms with Gasteiger partial charge in [-0.15, -0.1) is 0 Å². The molecule has 4 rings (SSSR count). The van der Waals surface area contributed by atoms with E-state index in [2.05, 4.69) is 4.90 Å². The highest BCUT2D eigenvalue weighted by atomic mass is 32.2. The molecule has 0 aromatic heterocycles. The van der Waals surface area contributed by atoms with E-state index >= 15 is 0 Å². The molecule has 0 aliphatic carbocycles. The molecule has 3 aliphatic rings. The number of piperidine rings is 1. The molecule has 7 nitrogen and oxygen atoms in total. The minimum Gasteiger partial charge on any atom is -0.379 e. The van der Waals surface area contributed by atoms with Gasteiger partial charge in [0.25, 0.3) is 5.91 Å². The third-order valence-corrected chi connectivity index (χ3v) is 9.08. The third kappa shape index (κ3) is 5.90. The molecular formula is C24H37N3O4S. The van der Waals surface area contributed by atoms with Crippen molar-refractivity contribution in [3.8, 4) is 0 Å². The van der Waals surface area contributed by atoms with Gasteiger partial charge < -0.3 is 9.64 Å². The van der Waals surface area contributed by atoms with E-state index in [1.54, 1.807) is 28.6 Å². The number of sulfonamides is 1. The number of amides is 1. The van der Waals surface area contributed by atoms with E-state index in [-0.39, 0.29) is 10.8 Å². The number of ether oxygens (including phenoxy) is 1. The molecule has 32 heavy (non-hydrogen) atoms. The van der Waals surface area contributed by atoms with Crippen molar-refractivity contribution in [3.63, 3.8) is 0 Å². The maximum atomic E-state index is 13.0. The molecule has 1 amide bonds. The molecule has 178 valence electrons. The highest BCUT2D eigenvalue weighted by Gasteiger charge is 2.27. The molecular weight excluding hydrogens is 426 g/mol. The minimum absolute atomic E-state index is 0.00958. The Morgan fingerprint density at radius 2 is 1.50 bits per heavy atom. The molecule has 1 aromatic rings. The van der Waals surface area contributed by atoms with Crippen LogP contribution in [0, 0.1) is 5.92 Å². The molecule has 8 heteroatoms. The minimum atomic E-state index is -3.48. The second-order valence-corrected chi connectivity index (χ2v) is 11.3. The maximum absolute atomic E-state index is 13.0. The average molecular weight is 464 g/mol. The van der Waals surface area contributed by atoms with Crippen LogP contribution in [0.25, 0.3) is 0 Å². The second-order valence-electron chi connectivity index (χ2n) is 9.32. The van der Waals surface area contributed by atoms with Crippen LogP contribution in [0.4, 0.5) is 0 Å². The summed E-state index contributed by atoms with van der Waals surface area (Å²) in [5, 5.41) is 0. The van der Waals surface area contributed by atoms with Crippen molar-refractivity contribution in [2.45, 2.75) is 49.8 Å². The van der Waals surface area contributed by atoms with Crippen LogP contribution in [-0.4, -0.2) is 87.5 Å². The summed E-state index contributed by atoms with van der Waals surface area (Å²) in [5.74, 6) is 0.679. The van der Waals surface area contributed by atoms with Crippen molar-refractivity contribution in [1.29, 1.82) is 0 Å². The lowest BCUT2D eigenvalue weighted by Crippen LogP contribution is -2.40. The highest BCUT2D eigenvalue weighted by molar-refractivity contribution is 7.89. The van der Waals surface area contributed by atoms with Gasteiger partial charge in [0.2, 0.25) is 10.0 Å². The Hall–Kier alpha value is -1.48. The van der Waals surface area contributed by atoms with Gasteiger partial charge in [0.15, 0.2) is 0 Å². The van der Waals surface area contributed by atoms with Gasteiger partial charge in [-0.05, 0) is 68.8 Å². The summed E-state index contributed by atoms with van der Waals surface area (Å²) in [6, 6.07) is 6.56. The number of likely N-dealkylation sites (tertiary alicyclic amines) is 1. The van der Waals surface area contributed by atoms with Crippen LogP contribution in [0.5, 0.6) is 0 Å². The lowest BCUT2D eigenvalue weighted by atomic mass is 9.93. The fourth-order valence-corrected chi connectivity index (χ4v) is 6.51. The van der Waals surface area contributed by atoms with Gasteiger partial charge in [-0.1, -0.05) is 12.8 Å².